The Kier molecular flexibility index (Phi) is 5.25. The van der Waals surface area contributed by atoms with Gasteiger partial charge in [0.1, 0.15) is 17.3 Å². The zero-order valence-electron chi connectivity index (χ0n) is 16.4. The fourth-order valence-corrected chi connectivity index (χ4v) is 3.19. The third kappa shape index (κ3) is 4.11. The Morgan fingerprint density at radius 1 is 0.862 bits per heavy atom. The van der Waals surface area contributed by atoms with Crippen LogP contribution in [0.15, 0.2) is 95.6 Å². The minimum Gasteiger partial charge on any atom is -0.491 e. The molecular weight excluding hydrogens is 360 g/mol. The highest BCUT2D eigenvalue weighted by atomic mass is 16.5. The monoisotopic (exact) mass is 382 g/mol. The first kappa shape index (κ1) is 18.7. The molecule has 0 radical (unpaired) electrons. The molecule has 0 bridgehead atoms. The normalized spacial score (nSPS) is 15.1. The topological polar surface area (TPSA) is 41.9 Å². The summed E-state index contributed by atoms with van der Waals surface area (Å²) in [6.45, 7) is 3.98. The highest BCUT2D eigenvalue weighted by Gasteiger charge is 2.32. The number of hydrogen-bond donors (Lipinski definition) is 0. The number of rotatable bonds is 5. The molecule has 0 aliphatic carbocycles. The van der Waals surface area contributed by atoms with Crippen LogP contribution in [-0.2, 0) is 4.79 Å². The Balaban J connectivity index is 1.71. The second-order valence-electron chi connectivity index (χ2n) is 7.04. The summed E-state index contributed by atoms with van der Waals surface area (Å²) in [5.41, 5.74) is 3.00. The number of amides is 1. The van der Waals surface area contributed by atoms with Crippen molar-refractivity contribution in [3.63, 3.8) is 0 Å². The van der Waals surface area contributed by atoms with E-state index < -0.39 is 0 Å². The fourth-order valence-electron chi connectivity index (χ4n) is 3.19. The number of benzene rings is 3. The van der Waals surface area contributed by atoms with Crippen LogP contribution in [-0.4, -0.2) is 17.8 Å². The highest BCUT2D eigenvalue weighted by Crippen LogP contribution is 2.28. The van der Waals surface area contributed by atoms with Gasteiger partial charge in [-0.15, -0.1) is 0 Å². The summed E-state index contributed by atoms with van der Waals surface area (Å²) in [4.78, 5) is 19.6. The van der Waals surface area contributed by atoms with Gasteiger partial charge in [-0.3, -0.25) is 9.69 Å². The van der Waals surface area contributed by atoms with E-state index in [1.165, 1.54) is 0 Å². The third-order valence-corrected chi connectivity index (χ3v) is 4.46. The first-order valence-corrected chi connectivity index (χ1v) is 9.64. The van der Waals surface area contributed by atoms with Crippen LogP contribution in [0.4, 0.5) is 5.69 Å². The summed E-state index contributed by atoms with van der Waals surface area (Å²) in [6, 6.07) is 27.0. The van der Waals surface area contributed by atoms with Crippen molar-refractivity contribution >= 4 is 23.5 Å². The molecule has 4 nitrogen and oxygen atoms in total. The van der Waals surface area contributed by atoms with Gasteiger partial charge in [0.05, 0.1) is 11.8 Å². The van der Waals surface area contributed by atoms with E-state index in [1.807, 2.05) is 105 Å². The van der Waals surface area contributed by atoms with Crippen LogP contribution >= 0.6 is 0 Å². The zero-order chi connectivity index (χ0) is 20.2. The van der Waals surface area contributed by atoms with Crippen LogP contribution in [0, 0.1) is 0 Å². The van der Waals surface area contributed by atoms with E-state index in [-0.39, 0.29) is 12.0 Å². The van der Waals surface area contributed by atoms with Gasteiger partial charge in [0.25, 0.3) is 5.91 Å². The van der Waals surface area contributed by atoms with Crippen LogP contribution in [0.25, 0.3) is 6.08 Å². The second-order valence-corrected chi connectivity index (χ2v) is 7.04. The summed E-state index contributed by atoms with van der Waals surface area (Å²) in [5, 5.41) is 0. The Morgan fingerprint density at radius 2 is 1.48 bits per heavy atom. The largest absolute Gasteiger partial charge is 0.491 e. The Labute approximate surface area is 170 Å². The molecule has 0 saturated heterocycles. The molecule has 4 rings (SSSR count). The van der Waals surface area contributed by atoms with Crippen molar-refractivity contribution in [2.24, 2.45) is 4.99 Å². The highest BCUT2D eigenvalue weighted by molar-refractivity contribution is 6.33. The van der Waals surface area contributed by atoms with Crippen molar-refractivity contribution in [2.75, 3.05) is 4.90 Å². The van der Waals surface area contributed by atoms with Gasteiger partial charge >= 0.3 is 0 Å². The lowest BCUT2D eigenvalue weighted by Gasteiger charge is -2.18. The number of carbonyl (C=O) groups excluding carboxylic acids is 1. The molecule has 0 N–H and O–H groups in total. The van der Waals surface area contributed by atoms with E-state index in [9.17, 15) is 4.79 Å². The van der Waals surface area contributed by atoms with Gasteiger partial charge in [-0.2, -0.15) is 0 Å². The predicted octanol–water partition coefficient (Wildman–Crippen LogP) is 5.31. The number of carbonyl (C=O) groups is 1. The Bertz CT molecular complexity index is 1050. The maximum absolute atomic E-state index is 13.2. The molecule has 0 unspecified atom stereocenters. The van der Waals surface area contributed by atoms with Crippen molar-refractivity contribution in [3.05, 3.63) is 102 Å². The average Bonchev–Trinajstić information content (AvgIpc) is 3.06. The Hall–Kier alpha value is -3.66. The van der Waals surface area contributed by atoms with Crippen LogP contribution in [0.5, 0.6) is 5.75 Å². The molecule has 3 aromatic rings. The minimum absolute atomic E-state index is 0.119. The van der Waals surface area contributed by atoms with E-state index in [0.29, 0.717) is 11.5 Å². The van der Waals surface area contributed by atoms with Crippen molar-refractivity contribution in [2.45, 2.75) is 20.0 Å². The molecule has 29 heavy (non-hydrogen) atoms. The smallest absolute Gasteiger partial charge is 0.282 e. The first-order chi connectivity index (χ1) is 14.1. The Morgan fingerprint density at radius 3 is 2.10 bits per heavy atom. The summed E-state index contributed by atoms with van der Waals surface area (Å²) in [7, 11) is 0. The van der Waals surface area contributed by atoms with Crippen LogP contribution in [0.3, 0.4) is 0 Å². The fraction of sp³-hybridized carbons (Fsp3) is 0.120. The van der Waals surface area contributed by atoms with Gasteiger partial charge in [0.2, 0.25) is 0 Å². The van der Waals surface area contributed by atoms with Gasteiger partial charge in [-0.05, 0) is 49.8 Å². The van der Waals surface area contributed by atoms with Crippen molar-refractivity contribution in [1.29, 1.82) is 0 Å². The molecule has 1 aliphatic rings. The number of hydrogen-bond acceptors (Lipinski definition) is 3. The van der Waals surface area contributed by atoms with Crippen LogP contribution < -0.4 is 9.64 Å². The lowest BCUT2D eigenvalue weighted by atomic mass is 10.1. The van der Waals surface area contributed by atoms with E-state index in [4.69, 9.17) is 4.74 Å². The maximum atomic E-state index is 13.2. The van der Waals surface area contributed by atoms with Crippen molar-refractivity contribution in [3.8, 4) is 5.75 Å². The summed E-state index contributed by atoms with van der Waals surface area (Å²) < 4.78 is 5.69. The van der Waals surface area contributed by atoms with E-state index in [2.05, 4.69) is 4.99 Å². The van der Waals surface area contributed by atoms with Gasteiger partial charge in [0, 0.05) is 5.56 Å². The van der Waals surface area contributed by atoms with E-state index in [1.54, 1.807) is 4.90 Å². The van der Waals surface area contributed by atoms with Gasteiger partial charge in [-0.1, -0.05) is 60.7 Å². The molecule has 0 atom stereocenters. The van der Waals surface area contributed by atoms with Gasteiger partial charge in [0.15, 0.2) is 0 Å². The van der Waals surface area contributed by atoms with Gasteiger partial charge < -0.3 is 4.74 Å². The SMILES string of the molecule is CC(C)Oc1ccc(/C=C2\N=C(c3ccccc3)N(c3ccccc3)C2=O)cc1. The maximum Gasteiger partial charge on any atom is 0.282 e. The molecular formula is C25H22N2O2. The zero-order valence-corrected chi connectivity index (χ0v) is 16.4. The van der Waals surface area contributed by atoms with E-state index in [0.717, 1.165) is 22.6 Å². The number of amidine groups is 1. The summed E-state index contributed by atoms with van der Waals surface area (Å²) in [6.07, 6.45) is 1.93. The lowest BCUT2D eigenvalue weighted by Crippen LogP contribution is -2.32. The number of aliphatic imine (C=N–C) groups is 1. The molecule has 0 saturated carbocycles. The average molecular weight is 382 g/mol. The predicted molar refractivity (Wildman–Crippen MR) is 117 cm³/mol. The van der Waals surface area contributed by atoms with E-state index >= 15 is 0 Å². The number of ether oxygens (including phenoxy) is 1. The third-order valence-electron chi connectivity index (χ3n) is 4.46. The first-order valence-electron chi connectivity index (χ1n) is 9.64. The van der Waals surface area contributed by atoms with Crippen LogP contribution in [0.2, 0.25) is 0 Å². The summed E-state index contributed by atoms with van der Waals surface area (Å²) >= 11 is 0. The number of para-hydroxylation sites is 1. The number of anilines is 1. The molecule has 1 amide bonds. The van der Waals surface area contributed by atoms with Gasteiger partial charge in [-0.25, -0.2) is 4.99 Å². The molecule has 0 spiro atoms. The molecule has 3 aromatic carbocycles. The van der Waals surface area contributed by atoms with Crippen molar-refractivity contribution < 1.29 is 9.53 Å². The molecule has 144 valence electrons. The second kappa shape index (κ2) is 8.15. The summed E-state index contributed by atoms with van der Waals surface area (Å²) in [5.74, 6) is 1.30. The minimum atomic E-state index is -0.141. The molecule has 4 heteroatoms. The standard InChI is InChI=1S/C25H22N2O2/c1-18(2)29-22-15-13-19(14-16-22)17-23-25(28)27(21-11-7-4-8-12-21)24(26-23)20-9-5-3-6-10-20/h3-18H,1-2H3/b23-17-. The molecule has 1 heterocycles. The van der Waals surface area contributed by atoms with Crippen molar-refractivity contribution in [1.82, 2.24) is 0 Å². The molecule has 1 aliphatic heterocycles. The molecule has 0 aromatic heterocycles. The molecule has 0 fully saturated rings. The van der Waals surface area contributed by atoms with Crippen LogP contribution in [0.1, 0.15) is 25.0 Å². The lowest BCUT2D eigenvalue weighted by molar-refractivity contribution is -0.113. The number of nitrogens with zero attached hydrogens (tertiary/aromatic N) is 2. The quantitative estimate of drug-likeness (QED) is 0.561.